The summed E-state index contributed by atoms with van der Waals surface area (Å²) in [4.78, 5) is 0. The molecule has 0 spiro atoms. The van der Waals surface area contributed by atoms with Crippen molar-refractivity contribution in [3.05, 3.63) is 10.7 Å². The van der Waals surface area contributed by atoms with Crippen molar-refractivity contribution in [2.24, 2.45) is 0 Å². The standard InChI is InChI=1S/C11H16BrN5S/c1-8(2)18-16-6-11(7-16,3-4-13)17-5-9(12)10(14)15-17/h5,8H,3,6-7H2,1-2H3,(H2,14,15). The van der Waals surface area contributed by atoms with Crippen molar-refractivity contribution in [1.29, 1.82) is 5.26 Å². The van der Waals surface area contributed by atoms with Crippen LogP contribution in [0.4, 0.5) is 5.82 Å². The van der Waals surface area contributed by atoms with Crippen LogP contribution >= 0.6 is 27.9 Å². The van der Waals surface area contributed by atoms with E-state index < -0.39 is 0 Å². The summed E-state index contributed by atoms with van der Waals surface area (Å²) in [6, 6.07) is 2.26. The lowest BCUT2D eigenvalue weighted by Crippen LogP contribution is -2.60. The maximum absolute atomic E-state index is 9.01. The topological polar surface area (TPSA) is 70.9 Å². The number of hydrogen-bond donors (Lipinski definition) is 1. The summed E-state index contributed by atoms with van der Waals surface area (Å²) < 4.78 is 4.90. The Morgan fingerprint density at radius 2 is 2.33 bits per heavy atom. The van der Waals surface area contributed by atoms with E-state index in [4.69, 9.17) is 11.0 Å². The first-order valence-corrected chi connectivity index (χ1v) is 7.39. The molecule has 1 aromatic heterocycles. The van der Waals surface area contributed by atoms with Crippen LogP contribution in [0.15, 0.2) is 10.7 Å². The molecule has 18 heavy (non-hydrogen) atoms. The molecule has 0 amide bonds. The molecule has 0 radical (unpaired) electrons. The number of aromatic nitrogens is 2. The second kappa shape index (κ2) is 5.11. The van der Waals surface area contributed by atoms with Crippen LogP contribution in [0.2, 0.25) is 0 Å². The molecule has 98 valence electrons. The Balaban J connectivity index is 2.14. The van der Waals surface area contributed by atoms with E-state index in [-0.39, 0.29) is 5.54 Å². The molecule has 1 saturated heterocycles. The smallest absolute Gasteiger partial charge is 0.159 e. The fourth-order valence-electron chi connectivity index (χ4n) is 2.08. The van der Waals surface area contributed by atoms with E-state index in [1.807, 2.05) is 22.8 Å². The Bertz CT molecular complexity index is 453. The zero-order chi connectivity index (χ0) is 13.3. The van der Waals surface area contributed by atoms with Gasteiger partial charge in [0.2, 0.25) is 0 Å². The SMILES string of the molecule is CC(C)SN1CC(CC#N)(n2cc(Br)c(N)n2)C1. The van der Waals surface area contributed by atoms with Gasteiger partial charge in [0.1, 0.15) is 5.54 Å². The maximum atomic E-state index is 9.01. The number of nitrogens with zero attached hydrogens (tertiary/aromatic N) is 4. The van der Waals surface area contributed by atoms with Gasteiger partial charge >= 0.3 is 0 Å². The van der Waals surface area contributed by atoms with Crippen molar-refractivity contribution < 1.29 is 0 Å². The van der Waals surface area contributed by atoms with Crippen molar-refractivity contribution in [3.63, 3.8) is 0 Å². The van der Waals surface area contributed by atoms with Crippen LogP contribution in [-0.4, -0.2) is 32.4 Å². The Labute approximate surface area is 120 Å². The number of nitrogens with two attached hydrogens (primary N) is 1. The van der Waals surface area contributed by atoms with Crippen molar-refractivity contribution >= 4 is 33.7 Å². The fourth-order valence-corrected chi connectivity index (χ4v) is 3.58. The van der Waals surface area contributed by atoms with Gasteiger partial charge < -0.3 is 5.73 Å². The summed E-state index contributed by atoms with van der Waals surface area (Å²) in [5.74, 6) is 0.474. The number of hydrogen-bond acceptors (Lipinski definition) is 5. The van der Waals surface area contributed by atoms with E-state index in [9.17, 15) is 0 Å². The molecule has 0 aliphatic carbocycles. The number of anilines is 1. The predicted octanol–water partition coefficient (Wildman–Crippen LogP) is 2.21. The summed E-state index contributed by atoms with van der Waals surface area (Å²) in [5.41, 5.74) is 5.52. The van der Waals surface area contributed by atoms with Crippen LogP contribution in [0, 0.1) is 11.3 Å². The molecule has 2 rings (SSSR count). The average molecular weight is 330 g/mol. The van der Waals surface area contributed by atoms with Gasteiger partial charge in [0, 0.05) is 24.5 Å². The van der Waals surface area contributed by atoms with E-state index in [1.54, 1.807) is 0 Å². The fraction of sp³-hybridized carbons (Fsp3) is 0.636. The molecule has 0 bridgehead atoms. The monoisotopic (exact) mass is 329 g/mol. The molecule has 1 aliphatic rings. The van der Waals surface area contributed by atoms with Crippen molar-refractivity contribution in [2.75, 3.05) is 18.8 Å². The Morgan fingerprint density at radius 1 is 1.67 bits per heavy atom. The highest BCUT2D eigenvalue weighted by atomic mass is 79.9. The van der Waals surface area contributed by atoms with E-state index in [2.05, 4.69) is 45.3 Å². The molecule has 7 heteroatoms. The number of rotatable bonds is 4. The third kappa shape index (κ3) is 2.51. The largest absolute Gasteiger partial charge is 0.381 e. The van der Waals surface area contributed by atoms with Gasteiger partial charge in [-0.1, -0.05) is 25.8 Å². The highest BCUT2D eigenvalue weighted by Gasteiger charge is 2.46. The van der Waals surface area contributed by atoms with E-state index >= 15 is 0 Å². The molecular formula is C11H16BrN5S. The van der Waals surface area contributed by atoms with Gasteiger partial charge in [-0.15, -0.1) is 0 Å². The van der Waals surface area contributed by atoms with Gasteiger partial charge in [-0.3, -0.25) is 4.68 Å². The molecule has 0 aromatic carbocycles. The summed E-state index contributed by atoms with van der Waals surface area (Å²) in [5, 5.41) is 13.9. The molecule has 5 nitrogen and oxygen atoms in total. The van der Waals surface area contributed by atoms with Crippen molar-refractivity contribution in [3.8, 4) is 6.07 Å². The minimum Gasteiger partial charge on any atom is -0.381 e. The summed E-state index contributed by atoms with van der Waals surface area (Å²) in [6.45, 7) is 5.99. The molecule has 1 aromatic rings. The average Bonchev–Trinajstić information content (AvgIpc) is 2.55. The zero-order valence-electron chi connectivity index (χ0n) is 10.4. The normalized spacial score (nSPS) is 18.6. The van der Waals surface area contributed by atoms with Crippen LogP contribution in [-0.2, 0) is 5.54 Å². The Kier molecular flexibility index (Phi) is 3.90. The number of nitriles is 1. The maximum Gasteiger partial charge on any atom is 0.159 e. The molecule has 0 unspecified atom stereocenters. The minimum absolute atomic E-state index is 0.225. The number of nitrogen functional groups attached to an aromatic ring is 1. The third-order valence-corrected chi connectivity index (χ3v) is 4.48. The summed E-state index contributed by atoms with van der Waals surface area (Å²) >= 11 is 5.17. The third-order valence-electron chi connectivity index (χ3n) is 2.89. The highest BCUT2D eigenvalue weighted by molar-refractivity contribution is 9.10. The first-order chi connectivity index (χ1) is 8.47. The van der Waals surface area contributed by atoms with Gasteiger partial charge in [0.25, 0.3) is 0 Å². The van der Waals surface area contributed by atoms with E-state index in [1.165, 1.54) is 0 Å². The van der Waals surface area contributed by atoms with Gasteiger partial charge in [0.15, 0.2) is 5.82 Å². The highest BCUT2D eigenvalue weighted by Crippen LogP contribution is 2.38. The first kappa shape index (κ1) is 13.7. The van der Waals surface area contributed by atoms with Crippen LogP contribution < -0.4 is 5.73 Å². The quantitative estimate of drug-likeness (QED) is 0.857. The zero-order valence-corrected chi connectivity index (χ0v) is 12.8. The van der Waals surface area contributed by atoms with Crippen LogP contribution in [0.3, 0.4) is 0 Å². The Hall–Kier alpha value is -0.710. The second-order valence-electron chi connectivity index (χ2n) is 4.82. The van der Waals surface area contributed by atoms with Gasteiger partial charge in [-0.05, 0) is 15.9 Å². The lowest BCUT2D eigenvalue weighted by Gasteiger charge is -2.48. The lowest BCUT2D eigenvalue weighted by molar-refractivity contribution is 0.0809. The first-order valence-electron chi connectivity index (χ1n) is 5.76. The summed E-state index contributed by atoms with van der Waals surface area (Å²) in [6.07, 6.45) is 2.32. The van der Waals surface area contributed by atoms with E-state index in [0.29, 0.717) is 17.5 Å². The molecule has 0 atom stereocenters. The number of halogens is 1. The van der Waals surface area contributed by atoms with Crippen LogP contribution in [0.25, 0.3) is 0 Å². The van der Waals surface area contributed by atoms with Crippen molar-refractivity contribution in [1.82, 2.24) is 14.1 Å². The van der Waals surface area contributed by atoms with Gasteiger partial charge in [0.05, 0.1) is 17.0 Å². The molecule has 1 aliphatic heterocycles. The van der Waals surface area contributed by atoms with Crippen molar-refractivity contribution in [2.45, 2.75) is 31.1 Å². The Morgan fingerprint density at radius 3 is 2.78 bits per heavy atom. The van der Waals surface area contributed by atoms with E-state index in [0.717, 1.165) is 17.6 Å². The second-order valence-corrected chi connectivity index (χ2v) is 7.34. The predicted molar refractivity (Wildman–Crippen MR) is 76.8 cm³/mol. The molecule has 2 N–H and O–H groups in total. The molecule has 1 fully saturated rings. The van der Waals surface area contributed by atoms with Crippen LogP contribution in [0.5, 0.6) is 0 Å². The molecule has 2 heterocycles. The lowest BCUT2D eigenvalue weighted by atomic mass is 9.89. The minimum atomic E-state index is -0.225. The van der Waals surface area contributed by atoms with Gasteiger partial charge in [-0.2, -0.15) is 10.4 Å². The van der Waals surface area contributed by atoms with Gasteiger partial charge in [-0.25, -0.2) is 4.31 Å². The van der Waals surface area contributed by atoms with Crippen LogP contribution in [0.1, 0.15) is 20.3 Å². The molecule has 0 saturated carbocycles. The summed E-state index contributed by atoms with van der Waals surface area (Å²) in [7, 11) is 0. The molecular weight excluding hydrogens is 314 g/mol.